The van der Waals surface area contributed by atoms with Crippen LogP contribution in [0.15, 0.2) is 24.3 Å². The Bertz CT molecular complexity index is 413. The minimum Gasteiger partial charge on any atom is -0.355 e. The first-order valence-electron chi connectivity index (χ1n) is 6.75. The number of amides is 2. The third kappa shape index (κ3) is 5.55. The fourth-order valence-corrected chi connectivity index (χ4v) is 1.74. The first-order valence-corrected chi connectivity index (χ1v) is 6.75. The van der Waals surface area contributed by atoms with Gasteiger partial charge in [0.1, 0.15) is 0 Å². The summed E-state index contributed by atoms with van der Waals surface area (Å²) < 4.78 is 0. The van der Waals surface area contributed by atoms with Crippen LogP contribution in [-0.2, 0) is 11.3 Å². The molecule has 1 rings (SSSR count). The van der Waals surface area contributed by atoms with Crippen LogP contribution in [0.4, 0.5) is 0 Å². The molecule has 0 aliphatic carbocycles. The first kappa shape index (κ1) is 15.2. The highest BCUT2D eigenvalue weighted by atomic mass is 16.2. The van der Waals surface area contributed by atoms with Gasteiger partial charge in [-0.1, -0.05) is 31.9 Å². The Hall–Kier alpha value is -1.84. The molecule has 0 aliphatic heterocycles. The molecule has 0 atom stereocenters. The lowest BCUT2D eigenvalue weighted by Crippen LogP contribution is -2.22. The largest absolute Gasteiger partial charge is 0.355 e. The van der Waals surface area contributed by atoms with Crippen molar-refractivity contribution in [3.05, 3.63) is 35.4 Å². The van der Waals surface area contributed by atoms with Crippen molar-refractivity contribution in [2.75, 3.05) is 7.05 Å². The second-order valence-corrected chi connectivity index (χ2v) is 4.51. The minimum absolute atomic E-state index is 0.0869. The van der Waals surface area contributed by atoms with Crippen molar-refractivity contribution in [2.24, 2.45) is 0 Å². The summed E-state index contributed by atoms with van der Waals surface area (Å²) in [6, 6.07) is 7.24. The van der Waals surface area contributed by atoms with Gasteiger partial charge in [-0.3, -0.25) is 9.59 Å². The molecule has 0 radical (unpaired) electrons. The lowest BCUT2D eigenvalue weighted by atomic mass is 10.1. The molecule has 0 heterocycles. The summed E-state index contributed by atoms with van der Waals surface area (Å²) >= 11 is 0. The summed E-state index contributed by atoms with van der Waals surface area (Å²) in [7, 11) is 1.60. The predicted octanol–water partition coefficient (Wildman–Crippen LogP) is 2.24. The molecule has 2 N–H and O–H groups in total. The van der Waals surface area contributed by atoms with Crippen molar-refractivity contribution in [3.8, 4) is 0 Å². The summed E-state index contributed by atoms with van der Waals surface area (Å²) in [6.07, 6.45) is 3.74. The molecule has 0 aliphatic rings. The van der Waals surface area contributed by atoms with Crippen molar-refractivity contribution in [2.45, 2.75) is 39.2 Å². The number of nitrogens with one attached hydrogen (secondary N) is 2. The predicted molar refractivity (Wildman–Crippen MR) is 75.8 cm³/mol. The van der Waals surface area contributed by atoms with Gasteiger partial charge in [0.05, 0.1) is 0 Å². The highest BCUT2D eigenvalue weighted by Gasteiger charge is 2.03. The highest BCUT2D eigenvalue weighted by molar-refractivity contribution is 5.93. The van der Waals surface area contributed by atoms with Crippen LogP contribution in [0.3, 0.4) is 0 Å². The molecule has 0 spiro atoms. The zero-order valence-corrected chi connectivity index (χ0v) is 11.7. The molecular formula is C15H22N2O2. The van der Waals surface area contributed by atoms with Crippen molar-refractivity contribution in [1.29, 1.82) is 0 Å². The van der Waals surface area contributed by atoms with E-state index in [-0.39, 0.29) is 11.8 Å². The topological polar surface area (TPSA) is 58.2 Å². The van der Waals surface area contributed by atoms with E-state index in [0.717, 1.165) is 24.8 Å². The van der Waals surface area contributed by atoms with E-state index in [2.05, 4.69) is 17.6 Å². The molecule has 0 fully saturated rings. The van der Waals surface area contributed by atoms with E-state index in [4.69, 9.17) is 0 Å². The summed E-state index contributed by atoms with van der Waals surface area (Å²) in [4.78, 5) is 22.9. The Morgan fingerprint density at radius 3 is 2.37 bits per heavy atom. The zero-order chi connectivity index (χ0) is 14.1. The van der Waals surface area contributed by atoms with Gasteiger partial charge >= 0.3 is 0 Å². The zero-order valence-electron chi connectivity index (χ0n) is 11.7. The highest BCUT2D eigenvalue weighted by Crippen LogP contribution is 2.05. The van der Waals surface area contributed by atoms with Crippen LogP contribution in [0.5, 0.6) is 0 Å². The Labute approximate surface area is 114 Å². The lowest BCUT2D eigenvalue weighted by molar-refractivity contribution is -0.121. The maximum atomic E-state index is 11.5. The Kier molecular flexibility index (Phi) is 6.64. The summed E-state index contributed by atoms with van der Waals surface area (Å²) in [6.45, 7) is 2.63. The molecule has 1 aromatic rings. The third-order valence-electron chi connectivity index (χ3n) is 2.94. The maximum absolute atomic E-state index is 11.5. The van der Waals surface area contributed by atoms with Gasteiger partial charge in [-0.25, -0.2) is 0 Å². The molecule has 19 heavy (non-hydrogen) atoms. The molecule has 104 valence electrons. The van der Waals surface area contributed by atoms with Gasteiger partial charge in [0.2, 0.25) is 5.91 Å². The quantitative estimate of drug-likeness (QED) is 0.740. The number of rotatable bonds is 7. The Balaban J connectivity index is 2.37. The number of hydrogen-bond donors (Lipinski definition) is 2. The van der Waals surface area contributed by atoms with Crippen LogP contribution >= 0.6 is 0 Å². The van der Waals surface area contributed by atoms with E-state index in [9.17, 15) is 9.59 Å². The average Bonchev–Trinajstić information content (AvgIpc) is 2.45. The average molecular weight is 262 g/mol. The van der Waals surface area contributed by atoms with Crippen LogP contribution < -0.4 is 10.6 Å². The molecular weight excluding hydrogens is 240 g/mol. The van der Waals surface area contributed by atoms with Crippen LogP contribution in [-0.4, -0.2) is 18.9 Å². The normalized spacial score (nSPS) is 10.0. The van der Waals surface area contributed by atoms with Gasteiger partial charge in [0, 0.05) is 25.6 Å². The number of unbranched alkanes of at least 4 members (excludes halogenated alkanes) is 2. The molecule has 0 aromatic heterocycles. The standard InChI is InChI=1S/C15H22N2O2/c1-3-4-5-6-14(18)17-11-12-7-9-13(10-8-12)15(19)16-2/h7-10H,3-6,11H2,1-2H3,(H,16,19)(H,17,18). The molecule has 4 heteroatoms. The fraction of sp³-hybridized carbons (Fsp3) is 0.467. The van der Waals surface area contributed by atoms with E-state index < -0.39 is 0 Å². The van der Waals surface area contributed by atoms with Crippen molar-refractivity contribution in [1.82, 2.24) is 10.6 Å². The Morgan fingerprint density at radius 2 is 1.79 bits per heavy atom. The number of benzene rings is 1. The van der Waals surface area contributed by atoms with Gasteiger partial charge in [-0.15, -0.1) is 0 Å². The van der Waals surface area contributed by atoms with Gasteiger partial charge < -0.3 is 10.6 Å². The van der Waals surface area contributed by atoms with Crippen molar-refractivity contribution < 1.29 is 9.59 Å². The second-order valence-electron chi connectivity index (χ2n) is 4.51. The first-order chi connectivity index (χ1) is 9.17. The smallest absolute Gasteiger partial charge is 0.251 e. The van der Waals surface area contributed by atoms with Crippen molar-refractivity contribution in [3.63, 3.8) is 0 Å². The molecule has 0 saturated heterocycles. The SMILES string of the molecule is CCCCCC(=O)NCc1ccc(C(=O)NC)cc1. The number of carbonyl (C=O) groups excluding carboxylic acids is 2. The van der Waals surface area contributed by atoms with E-state index in [1.807, 2.05) is 12.1 Å². The van der Waals surface area contributed by atoms with Crippen molar-refractivity contribution >= 4 is 11.8 Å². The van der Waals surface area contributed by atoms with Gasteiger partial charge in [0.15, 0.2) is 0 Å². The van der Waals surface area contributed by atoms with Crippen LogP contribution in [0.2, 0.25) is 0 Å². The van der Waals surface area contributed by atoms with Gasteiger partial charge in [-0.05, 0) is 24.1 Å². The molecule has 0 unspecified atom stereocenters. The molecule has 0 bridgehead atoms. The molecule has 1 aromatic carbocycles. The van der Waals surface area contributed by atoms with E-state index in [1.165, 1.54) is 0 Å². The van der Waals surface area contributed by atoms with Gasteiger partial charge in [-0.2, -0.15) is 0 Å². The van der Waals surface area contributed by atoms with Crippen LogP contribution in [0.1, 0.15) is 48.5 Å². The monoisotopic (exact) mass is 262 g/mol. The third-order valence-corrected chi connectivity index (χ3v) is 2.94. The second kappa shape index (κ2) is 8.29. The molecule has 2 amide bonds. The minimum atomic E-state index is -0.102. The van der Waals surface area contributed by atoms with E-state index in [0.29, 0.717) is 18.5 Å². The summed E-state index contributed by atoms with van der Waals surface area (Å²) in [5.74, 6) is -0.0148. The lowest BCUT2D eigenvalue weighted by Gasteiger charge is -2.06. The van der Waals surface area contributed by atoms with E-state index in [1.54, 1.807) is 19.2 Å². The van der Waals surface area contributed by atoms with E-state index >= 15 is 0 Å². The van der Waals surface area contributed by atoms with Gasteiger partial charge in [0.25, 0.3) is 5.91 Å². The number of carbonyl (C=O) groups is 2. The van der Waals surface area contributed by atoms with Crippen LogP contribution in [0.25, 0.3) is 0 Å². The Morgan fingerprint density at radius 1 is 1.11 bits per heavy atom. The fourth-order valence-electron chi connectivity index (χ4n) is 1.74. The number of hydrogen-bond acceptors (Lipinski definition) is 2. The summed E-state index contributed by atoms with van der Waals surface area (Å²) in [5.41, 5.74) is 1.62. The molecule has 0 saturated carbocycles. The molecule has 4 nitrogen and oxygen atoms in total. The maximum Gasteiger partial charge on any atom is 0.251 e. The van der Waals surface area contributed by atoms with Crippen LogP contribution in [0, 0.1) is 0 Å². The summed E-state index contributed by atoms with van der Waals surface area (Å²) in [5, 5.41) is 5.45.